The van der Waals surface area contributed by atoms with Gasteiger partial charge in [-0.1, -0.05) is 24.6 Å². The summed E-state index contributed by atoms with van der Waals surface area (Å²) in [6.45, 7) is 4.34. The van der Waals surface area contributed by atoms with Crippen molar-refractivity contribution in [3.63, 3.8) is 0 Å². The lowest BCUT2D eigenvalue weighted by molar-refractivity contribution is 0.0971. The summed E-state index contributed by atoms with van der Waals surface area (Å²) in [6, 6.07) is 10.2. The molecule has 3 N–H and O–H groups in total. The Bertz CT molecular complexity index is 1270. The lowest BCUT2D eigenvalue weighted by atomic mass is 10.0. The summed E-state index contributed by atoms with van der Waals surface area (Å²) in [7, 11) is -2.18. The molecule has 1 aromatic carbocycles. The van der Waals surface area contributed by atoms with Gasteiger partial charge in [-0.25, -0.2) is 18.1 Å². The molecule has 0 saturated carbocycles. The molecule has 0 atom stereocenters. The monoisotopic (exact) mass is 498 g/mol. The predicted molar refractivity (Wildman–Crippen MR) is 135 cm³/mol. The third-order valence-corrected chi connectivity index (χ3v) is 5.89. The van der Waals surface area contributed by atoms with Crippen molar-refractivity contribution in [1.29, 1.82) is 0 Å². The fourth-order valence-electron chi connectivity index (χ4n) is 3.53. The third-order valence-electron chi connectivity index (χ3n) is 5.34. The van der Waals surface area contributed by atoms with Crippen molar-refractivity contribution in [3.05, 3.63) is 65.6 Å². The standard InChI is InChI=1S/C19H19N5O4S.C5H11N/c1-12-5-4-10-20-17(12)22-18(25)14-8-6-13(7-9-14)15-11-21-24(2)16(15)19(26)23-29(3,27)28;1-2-4-6-5-3-1/h4-11H,1-3H3,(H,23,26)(H,20,22,25);6H,1-5H2. The SMILES string of the molecule is C1CCNCC1.Cc1cccnc1NC(=O)c1ccc(-c2cnn(C)c2C(=O)NS(C)(=O)=O)cc1. The van der Waals surface area contributed by atoms with Gasteiger partial charge in [-0.3, -0.25) is 14.3 Å². The van der Waals surface area contributed by atoms with Gasteiger partial charge < -0.3 is 10.6 Å². The second-order valence-electron chi connectivity index (χ2n) is 8.24. The van der Waals surface area contributed by atoms with Gasteiger partial charge in [-0.05, 0) is 62.2 Å². The highest BCUT2D eigenvalue weighted by Gasteiger charge is 2.21. The molecule has 1 aliphatic heterocycles. The Balaban J connectivity index is 0.000000497. The van der Waals surface area contributed by atoms with E-state index in [9.17, 15) is 18.0 Å². The topological polar surface area (TPSA) is 135 Å². The van der Waals surface area contributed by atoms with Crippen molar-refractivity contribution in [2.45, 2.75) is 26.2 Å². The molecule has 0 unspecified atom stereocenters. The summed E-state index contributed by atoms with van der Waals surface area (Å²) in [5.41, 5.74) is 2.40. The Morgan fingerprint density at radius 3 is 2.26 bits per heavy atom. The van der Waals surface area contributed by atoms with Gasteiger partial charge in [0.25, 0.3) is 11.8 Å². The highest BCUT2D eigenvalue weighted by atomic mass is 32.2. The molecule has 1 aliphatic rings. The lowest BCUT2D eigenvalue weighted by Crippen LogP contribution is -2.31. The molecular weight excluding hydrogens is 468 g/mol. The van der Waals surface area contributed by atoms with Gasteiger partial charge in [0.1, 0.15) is 11.5 Å². The number of benzene rings is 1. The van der Waals surface area contributed by atoms with E-state index in [0.717, 1.165) is 11.8 Å². The summed E-state index contributed by atoms with van der Waals surface area (Å²) in [4.78, 5) is 28.9. The number of pyridine rings is 1. The summed E-state index contributed by atoms with van der Waals surface area (Å²) < 4.78 is 26.0. The number of hydrogen-bond donors (Lipinski definition) is 3. The van der Waals surface area contributed by atoms with Crippen molar-refractivity contribution in [1.82, 2.24) is 24.8 Å². The first kappa shape index (κ1) is 26.0. The number of rotatable bonds is 5. The van der Waals surface area contributed by atoms with Gasteiger partial charge in [0, 0.05) is 24.4 Å². The van der Waals surface area contributed by atoms with Gasteiger partial charge in [-0.2, -0.15) is 5.10 Å². The van der Waals surface area contributed by atoms with Crippen molar-refractivity contribution in [2.24, 2.45) is 7.05 Å². The number of aryl methyl sites for hydroxylation is 2. The Morgan fingerprint density at radius 2 is 1.71 bits per heavy atom. The van der Waals surface area contributed by atoms with Crippen molar-refractivity contribution < 1.29 is 18.0 Å². The maximum absolute atomic E-state index is 12.5. The van der Waals surface area contributed by atoms with Crippen LogP contribution < -0.4 is 15.4 Å². The summed E-state index contributed by atoms with van der Waals surface area (Å²) in [5, 5.41) is 10.1. The molecule has 3 aromatic rings. The number of nitrogens with one attached hydrogen (secondary N) is 3. The van der Waals surface area contributed by atoms with Crippen LogP contribution in [-0.2, 0) is 17.1 Å². The average molecular weight is 499 g/mol. The number of piperidine rings is 1. The minimum atomic E-state index is -3.72. The fourth-order valence-corrected chi connectivity index (χ4v) is 3.97. The van der Waals surface area contributed by atoms with Crippen LogP contribution in [0.2, 0.25) is 0 Å². The summed E-state index contributed by atoms with van der Waals surface area (Å²) >= 11 is 0. The summed E-state index contributed by atoms with van der Waals surface area (Å²) in [6.07, 6.45) is 8.17. The molecule has 2 amide bonds. The minimum Gasteiger partial charge on any atom is -0.317 e. The van der Waals surface area contributed by atoms with Crippen LogP contribution >= 0.6 is 0 Å². The molecule has 35 heavy (non-hydrogen) atoms. The van der Waals surface area contributed by atoms with Crippen LogP contribution in [0.1, 0.15) is 45.7 Å². The van der Waals surface area contributed by atoms with Crippen LogP contribution in [-0.4, -0.2) is 54.3 Å². The largest absolute Gasteiger partial charge is 0.317 e. The number of nitrogens with zero attached hydrogens (tertiary/aromatic N) is 3. The normalized spacial score (nSPS) is 13.3. The van der Waals surface area contributed by atoms with Crippen molar-refractivity contribution in [3.8, 4) is 11.1 Å². The maximum atomic E-state index is 12.5. The van der Waals surface area contributed by atoms with E-state index < -0.39 is 15.9 Å². The number of carbonyl (C=O) groups is 2. The van der Waals surface area contributed by atoms with Gasteiger partial charge in [0.15, 0.2) is 0 Å². The van der Waals surface area contributed by atoms with Crippen molar-refractivity contribution >= 4 is 27.7 Å². The second kappa shape index (κ2) is 11.7. The molecule has 186 valence electrons. The van der Waals surface area contributed by atoms with Crippen LogP contribution in [0.3, 0.4) is 0 Å². The number of sulfonamides is 1. The molecule has 4 rings (SSSR count). The maximum Gasteiger partial charge on any atom is 0.283 e. The van der Waals surface area contributed by atoms with Gasteiger partial charge in [0.05, 0.1) is 12.5 Å². The second-order valence-corrected chi connectivity index (χ2v) is 9.99. The van der Waals surface area contributed by atoms with E-state index in [1.165, 1.54) is 50.3 Å². The highest BCUT2D eigenvalue weighted by Crippen LogP contribution is 2.24. The molecule has 0 radical (unpaired) electrons. The Morgan fingerprint density at radius 1 is 1.03 bits per heavy atom. The van der Waals surface area contributed by atoms with Crippen LogP contribution in [0, 0.1) is 6.92 Å². The van der Waals surface area contributed by atoms with E-state index in [4.69, 9.17) is 0 Å². The van der Waals surface area contributed by atoms with E-state index in [2.05, 4.69) is 20.7 Å². The first-order valence-corrected chi connectivity index (χ1v) is 13.1. The quantitative estimate of drug-likeness (QED) is 0.492. The molecule has 3 heterocycles. The molecule has 0 aliphatic carbocycles. The van der Waals surface area contributed by atoms with Crippen LogP contribution in [0.4, 0.5) is 5.82 Å². The summed E-state index contributed by atoms with van der Waals surface area (Å²) in [5.74, 6) is -0.622. The zero-order valence-electron chi connectivity index (χ0n) is 20.0. The molecular formula is C24H30N6O4S. The first-order chi connectivity index (χ1) is 16.7. The smallest absolute Gasteiger partial charge is 0.283 e. The van der Waals surface area contributed by atoms with E-state index in [0.29, 0.717) is 22.5 Å². The van der Waals surface area contributed by atoms with E-state index in [1.54, 1.807) is 36.5 Å². The molecule has 2 aromatic heterocycles. The van der Waals surface area contributed by atoms with E-state index >= 15 is 0 Å². The van der Waals surface area contributed by atoms with Crippen LogP contribution in [0.5, 0.6) is 0 Å². The van der Waals surface area contributed by atoms with Crippen molar-refractivity contribution in [2.75, 3.05) is 24.7 Å². The highest BCUT2D eigenvalue weighted by molar-refractivity contribution is 7.89. The Kier molecular flexibility index (Phi) is 8.72. The van der Waals surface area contributed by atoms with Gasteiger partial charge in [-0.15, -0.1) is 0 Å². The average Bonchev–Trinajstić information content (AvgIpc) is 3.22. The zero-order chi connectivity index (χ0) is 25.4. The number of carbonyl (C=O) groups excluding carboxylic acids is 2. The number of amides is 2. The minimum absolute atomic E-state index is 0.0942. The first-order valence-electron chi connectivity index (χ1n) is 11.2. The predicted octanol–water partition coefficient (Wildman–Crippen LogP) is 2.49. The van der Waals surface area contributed by atoms with Gasteiger partial charge in [0.2, 0.25) is 10.0 Å². The Hall–Kier alpha value is -3.57. The molecule has 10 nitrogen and oxygen atoms in total. The van der Waals surface area contributed by atoms with E-state index in [1.807, 2.05) is 17.7 Å². The Labute approximate surface area is 205 Å². The lowest BCUT2D eigenvalue weighted by Gasteiger charge is -2.09. The molecule has 0 bridgehead atoms. The number of aromatic nitrogens is 3. The third kappa shape index (κ3) is 7.46. The fraction of sp³-hybridized carbons (Fsp3) is 0.333. The van der Waals surface area contributed by atoms with Crippen LogP contribution in [0.15, 0.2) is 48.8 Å². The molecule has 1 saturated heterocycles. The zero-order valence-corrected chi connectivity index (χ0v) is 20.9. The number of anilines is 1. The van der Waals surface area contributed by atoms with Crippen LogP contribution in [0.25, 0.3) is 11.1 Å². The molecule has 11 heteroatoms. The number of hydrogen-bond acceptors (Lipinski definition) is 7. The van der Waals surface area contributed by atoms with E-state index in [-0.39, 0.29) is 11.6 Å². The molecule has 0 spiro atoms. The molecule has 1 fully saturated rings. The van der Waals surface area contributed by atoms with Gasteiger partial charge >= 0.3 is 0 Å².